The third-order valence-corrected chi connectivity index (χ3v) is 3.65. The summed E-state index contributed by atoms with van der Waals surface area (Å²) in [7, 11) is 0. The van der Waals surface area contributed by atoms with Crippen LogP contribution in [0, 0.1) is 6.92 Å². The predicted molar refractivity (Wildman–Crippen MR) is 92.3 cm³/mol. The van der Waals surface area contributed by atoms with E-state index >= 15 is 0 Å². The number of nitrogens with one attached hydrogen (secondary N) is 1. The molecule has 21 heavy (non-hydrogen) atoms. The largest absolute Gasteiger partial charge is 0.342 e. The second-order valence-electron chi connectivity index (χ2n) is 5.39. The van der Waals surface area contributed by atoms with Crippen molar-refractivity contribution in [2.24, 2.45) is 0 Å². The van der Waals surface area contributed by atoms with Gasteiger partial charge in [-0.25, -0.2) is 0 Å². The Kier molecular flexibility index (Phi) is 5.82. The molecule has 2 rings (SSSR count). The average Bonchev–Trinajstić information content (AvgIpc) is 2.51. The number of nitrogens with zero attached hydrogens (tertiary/aromatic N) is 1. The summed E-state index contributed by atoms with van der Waals surface area (Å²) in [4.78, 5) is 2.38. The smallest absolute Gasteiger partial charge is 0.0456 e. The van der Waals surface area contributed by atoms with Crippen LogP contribution in [0.4, 0.5) is 11.4 Å². The molecule has 0 amide bonds. The van der Waals surface area contributed by atoms with Gasteiger partial charge >= 0.3 is 0 Å². The Labute approximate surface area is 128 Å². The molecule has 0 spiro atoms. The third-order valence-electron chi connectivity index (χ3n) is 3.65. The summed E-state index contributed by atoms with van der Waals surface area (Å²) in [6.45, 7) is 9.52. The number of aryl methyl sites for hydroxylation is 1. The van der Waals surface area contributed by atoms with Crippen molar-refractivity contribution >= 4 is 11.4 Å². The van der Waals surface area contributed by atoms with Crippen LogP contribution in [-0.2, 0) is 6.54 Å². The zero-order valence-electron chi connectivity index (χ0n) is 13.4. The normalized spacial score (nSPS) is 10.6. The molecule has 0 aliphatic carbocycles. The third kappa shape index (κ3) is 4.08. The SMILES string of the molecule is CCCNCc1cc(C)ccc1N(CC)c1ccccc1. The fourth-order valence-electron chi connectivity index (χ4n) is 2.62. The molecule has 0 aromatic heterocycles. The summed E-state index contributed by atoms with van der Waals surface area (Å²) in [5.41, 5.74) is 5.24. The lowest BCUT2D eigenvalue weighted by atomic mass is 10.1. The highest BCUT2D eigenvalue weighted by molar-refractivity contribution is 5.66. The average molecular weight is 282 g/mol. The van der Waals surface area contributed by atoms with Gasteiger partial charge in [0.15, 0.2) is 0 Å². The van der Waals surface area contributed by atoms with Crippen LogP contribution in [0.3, 0.4) is 0 Å². The van der Waals surface area contributed by atoms with Gasteiger partial charge in [0, 0.05) is 24.5 Å². The highest BCUT2D eigenvalue weighted by Gasteiger charge is 2.11. The van der Waals surface area contributed by atoms with E-state index < -0.39 is 0 Å². The fourth-order valence-corrected chi connectivity index (χ4v) is 2.62. The molecule has 0 saturated heterocycles. The van der Waals surface area contributed by atoms with Gasteiger partial charge in [0.25, 0.3) is 0 Å². The molecule has 2 aromatic rings. The van der Waals surface area contributed by atoms with E-state index in [4.69, 9.17) is 0 Å². The first kappa shape index (κ1) is 15.6. The molecule has 2 aromatic carbocycles. The number of anilines is 2. The van der Waals surface area contributed by atoms with E-state index in [1.165, 1.54) is 22.5 Å². The van der Waals surface area contributed by atoms with Gasteiger partial charge < -0.3 is 10.2 Å². The van der Waals surface area contributed by atoms with E-state index in [1.807, 2.05) is 0 Å². The van der Waals surface area contributed by atoms with Gasteiger partial charge in [-0.1, -0.05) is 42.8 Å². The number of hydrogen-bond acceptors (Lipinski definition) is 2. The van der Waals surface area contributed by atoms with Crippen LogP contribution in [0.25, 0.3) is 0 Å². The highest BCUT2D eigenvalue weighted by Crippen LogP contribution is 2.29. The summed E-state index contributed by atoms with van der Waals surface area (Å²) in [6, 6.07) is 17.3. The lowest BCUT2D eigenvalue weighted by Crippen LogP contribution is -2.21. The second-order valence-corrected chi connectivity index (χ2v) is 5.39. The van der Waals surface area contributed by atoms with Crippen LogP contribution in [0.1, 0.15) is 31.4 Å². The Morgan fingerprint density at radius 3 is 2.43 bits per heavy atom. The maximum atomic E-state index is 3.52. The molecule has 0 heterocycles. The second kappa shape index (κ2) is 7.84. The molecule has 0 atom stereocenters. The summed E-state index contributed by atoms with van der Waals surface area (Å²) >= 11 is 0. The maximum absolute atomic E-state index is 3.52. The van der Waals surface area contributed by atoms with Gasteiger partial charge in [0.1, 0.15) is 0 Å². The molecule has 112 valence electrons. The van der Waals surface area contributed by atoms with Gasteiger partial charge in [0.2, 0.25) is 0 Å². The van der Waals surface area contributed by atoms with Crippen LogP contribution in [0.15, 0.2) is 48.5 Å². The van der Waals surface area contributed by atoms with Gasteiger partial charge in [0.05, 0.1) is 0 Å². The quantitative estimate of drug-likeness (QED) is 0.743. The number of para-hydroxylation sites is 1. The van der Waals surface area contributed by atoms with E-state index in [0.29, 0.717) is 0 Å². The van der Waals surface area contributed by atoms with Crippen LogP contribution < -0.4 is 10.2 Å². The molecular formula is C19H26N2. The Hall–Kier alpha value is -1.80. The van der Waals surface area contributed by atoms with Crippen molar-refractivity contribution in [1.82, 2.24) is 5.32 Å². The maximum Gasteiger partial charge on any atom is 0.0456 e. The minimum Gasteiger partial charge on any atom is -0.342 e. The Balaban J connectivity index is 2.32. The summed E-state index contributed by atoms with van der Waals surface area (Å²) in [5, 5.41) is 3.52. The molecule has 0 fully saturated rings. The Morgan fingerprint density at radius 2 is 1.76 bits per heavy atom. The summed E-state index contributed by atoms with van der Waals surface area (Å²) in [6.07, 6.45) is 1.16. The van der Waals surface area contributed by atoms with Crippen molar-refractivity contribution in [3.05, 3.63) is 59.7 Å². The molecule has 0 saturated carbocycles. The number of hydrogen-bond donors (Lipinski definition) is 1. The zero-order valence-corrected chi connectivity index (χ0v) is 13.4. The highest BCUT2D eigenvalue weighted by atomic mass is 15.1. The standard InChI is InChI=1S/C19H26N2/c1-4-13-20-15-17-14-16(3)11-12-19(17)21(5-2)18-9-7-6-8-10-18/h6-12,14,20H,4-5,13,15H2,1-3H3. The Bertz CT molecular complexity index is 549. The van der Waals surface area contributed by atoms with Crippen LogP contribution in [-0.4, -0.2) is 13.1 Å². The van der Waals surface area contributed by atoms with Crippen LogP contribution in [0.2, 0.25) is 0 Å². The first-order valence-electron chi connectivity index (χ1n) is 7.89. The first-order valence-corrected chi connectivity index (χ1v) is 7.89. The lowest BCUT2D eigenvalue weighted by Gasteiger charge is -2.26. The number of rotatable bonds is 7. The van der Waals surface area contributed by atoms with Crippen LogP contribution >= 0.6 is 0 Å². The topological polar surface area (TPSA) is 15.3 Å². The molecule has 1 N–H and O–H groups in total. The van der Waals surface area contributed by atoms with E-state index in [9.17, 15) is 0 Å². The van der Waals surface area contributed by atoms with E-state index in [-0.39, 0.29) is 0 Å². The monoisotopic (exact) mass is 282 g/mol. The van der Waals surface area contributed by atoms with E-state index in [1.54, 1.807) is 0 Å². The fraction of sp³-hybridized carbons (Fsp3) is 0.368. The lowest BCUT2D eigenvalue weighted by molar-refractivity contribution is 0.674. The molecule has 0 unspecified atom stereocenters. The summed E-state index contributed by atoms with van der Waals surface area (Å²) in [5.74, 6) is 0. The minimum absolute atomic E-state index is 0.925. The molecule has 2 nitrogen and oxygen atoms in total. The van der Waals surface area contributed by atoms with Crippen molar-refractivity contribution in [3.8, 4) is 0 Å². The van der Waals surface area contributed by atoms with E-state index in [2.05, 4.69) is 79.5 Å². The van der Waals surface area contributed by atoms with Crippen molar-refractivity contribution in [2.75, 3.05) is 18.0 Å². The molecule has 0 bridgehead atoms. The Morgan fingerprint density at radius 1 is 1.00 bits per heavy atom. The van der Waals surface area contributed by atoms with Gasteiger partial charge in [-0.05, 0) is 50.6 Å². The molecule has 0 aliphatic heterocycles. The molecule has 0 radical (unpaired) electrons. The van der Waals surface area contributed by atoms with Crippen molar-refractivity contribution in [2.45, 2.75) is 33.7 Å². The van der Waals surface area contributed by atoms with Crippen molar-refractivity contribution in [3.63, 3.8) is 0 Å². The summed E-state index contributed by atoms with van der Waals surface area (Å²) < 4.78 is 0. The van der Waals surface area contributed by atoms with Crippen LogP contribution in [0.5, 0.6) is 0 Å². The van der Waals surface area contributed by atoms with Gasteiger partial charge in [-0.3, -0.25) is 0 Å². The molecule has 0 aliphatic rings. The van der Waals surface area contributed by atoms with Gasteiger partial charge in [-0.2, -0.15) is 0 Å². The first-order chi connectivity index (χ1) is 10.3. The van der Waals surface area contributed by atoms with Crippen molar-refractivity contribution < 1.29 is 0 Å². The zero-order chi connectivity index (χ0) is 15.1. The molecule has 2 heteroatoms. The molecular weight excluding hydrogens is 256 g/mol. The predicted octanol–water partition coefficient (Wildman–Crippen LogP) is 4.65. The van der Waals surface area contributed by atoms with E-state index in [0.717, 1.165) is 26.1 Å². The number of benzene rings is 2. The van der Waals surface area contributed by atoms with Gasteiger partial charge in [-0.15, -0.1) is 0 Å². The minimum atomic E-state index is 0.925. The van der Waals surface area contributed by atoms with Crippen molar-refractivity contribution in [1.29, 1.82) is 0 Å².